The molecule has 4 fully saturated rings. The molecule has 2 bridgehead atoms. The Kier molecular flexibility index (Phi) is 9.20. The van der Waals surface area contributed by atoms with Crippen LogP contribution < -0.4 is 10.9 Å². The highest BCUT2D eigenvalue weighted by Crippen LogP contribution is 2.75. The summed E-state index contributed by atoms with van der Waals surface area (Å²) >= 11 is 0. The Hall–Kier alpha value is -1.86. The van der Waals surface area contributed by atoms with Crippen LogP contribution in [0.2, 0.25) is 0 Å². The minimum absolute atomic E-state index is 0.101. The Balaban J connectivity index is 1.55. The van der Waals surface area contributed by atoms with E-state index in [2.05, 4.69) is 85.4 Å². The number of aromatic nitrogens is 3. The molecule has 288 valence electrons. The molecule has 1 aromatic rings. The van der Waals surface area contributed by atoms with E-state index in [9.17, 15) is 18.3 Å². The molecule has 1 aliphatic heterocycles. The molecule has 12 atom stereocenters. The van der Waals surface area contributed by atoms with Crippen molar-refractivity contribution in [2.24, 2.45) is 73.0 Å². The fraction of sp³-hybridized carbons (Fsp3) is 0.872. The van der Waals surface area contributed by atoms with Crippen molar-refractivity contribution in [1.82, 2.24) is 14.8 Å². The van der Waals surface area contributed by atoms with E-state index < -0.39 is 50.4 Å². The third-order valence-electron chi connectivity index (χ3n) is 16.4. The summed E-state index contributed by atoms with van der Waals surface area (Å²) in [6.07, 6.45) is 7.98. The van der Waals surface area contributed by atoms with Crippen LogP contribution in [-0.2, 0) is 24.3 Å². The number of carbonyl (C=O) groups is 1. The average Bonchev–Trinajstić information content (AvgIpc) is 3.50. The standard InChI is InChI=1S/C39H65N5O6S/c1-23(2)24(3)35(8)16-17-36(9)25-12-13-28-34(7)18-27(44-32(42-22-43-44)51(41,47)48)30(50-20-38(11,40)33(4,5)6)39(28,21-49-19-34)26(25)14-15-37(36,10)29(35)31(45)46/h14,22-25,27-30H,12-13,15-21,40H2,1-11H3,(H,45,46)(H2,41,47,48)/t24-,25+,27-,28-,29-,30+,34-,35-,36-,37+,38+,39+/m1/s1. The van der Waals surface area contributed by atoms with Crippen LogP contribution in [0.3, 0.4) is 0 Å². The first kappa shape index (κ1) is 38.9. The third-order valence-corrected chi connectivity index (χ3v) is 17.2. The maximum atomic E-state index is 13.6. The molecule has 11 nitrogen and oxygen atoms in total. The number of ether oxygens (including phenoxy) is 2. The van der Waals surface area contributed by atoms with E-state index >= 15 is 0 Å². The second kappa shape index (κ2) is 12.1. The van der Waals surface area contributed by atoms with Crippen LogP contribution in [0.15, 0.2) is 23.1 Å². The number of hydrogen-bond acceptors (Lipinski definition) is 8. The molecule has 12 heteroatoms. The minimum Gasteiger partial charge on any atom is -0.481 e. The van der Waals surface area contributed by atoms with Crippen LogP contribution >= 0.6 is 0 Å². The van der Waals surface area contributed by atoms with Gasteiger partial charge in [-0.2, -0.15) is 5.10 Å². The van der Waals surface area contributed by atoms with E-state index in [1.54, 1.807) is 0 Å². The highest BCUT2D eigenvalue weighted by molar-refractivity contribution is 7.89. The SMILES string of the molecule is CC(C)[C@@H](C)[C@@]1(C)CC[C@]2(C)[C@H]3CC[C@@H]4[C@@]5(C)COC[C@@]4(C3=CC[C@@]2(C)[C@@H]1C(=O)O)[C@@H](OC[C@](C)(N)C(C)(C)C)[C@H](n1ncnc1S(N)(=O)=O)C5. The van der Waals surface area contributed by atoms with Gasteiger partial charge in [0.1, 0.15) is 6.33 Å². The molecule has 5 aliphatic rings. The van der Waals surface area contributed by atoms with E-state index in [1.807, 2.05) is 6.92 Å². The molecule has 0 amide bonds. The molecule has 0 unspecified atom stereocenters. The van der Waals surface area contributed by atoms with Gasteiger partial charge in [-0.05, 0) is 96.2 Å². The molecule has 6 rings (SSSR count). The van der Waals surface area contributed by atoms with E-state index in [1.165, 1.54) is 16.6 Å². The van der Waals surface area contributed by atoms with Crippen molar-refractivity contribution >= 4 is 16.0 Å². The van der Waals surface area contributed by atoms with E-state index in [-0.39, 0.29) is 51.2 Å². The number of primary sulfonamides is 1. The predicted octanol–water partition coefficient (Wildman–Crippen LogP) is 6.20. The summed E-state index contributed by atoms with van der Waals surface area (Å²) in [6, 6.07) is -0.504. The highest BCUT2D eigenvalue weighted by atomic mass is 32.2. The zero-order chi connectivity index (χ0) is 38.0. The van der Waals surface area contributed by atoms with Crippen molar-refractivity contribution in [1.29, 1.82) is 0 Å². The quantitative estimate of drug-likeness (QED) is 0.263. The third kappa shape index (κ3) is 5.45. The number of hydrogen-bond donors (Lipinski definition) is 3. The van der Waals surface area contributed by atoms with Crippen molar-refractivity contribution in [2.45, 2.75) is 138 Å². The van der Waals surface area contributed by atoms with Crippen LogP contribution in [-0.4, -0.2) is 65.7 Å². The molecule has 2 heterocycles. The number of aliphatic carboxylic acids is 1. The molecule has 51 heavy (non-hydrogen) atoms. The van der Waals surface area contributed by atoms with Crippen LogP contribution in [0.25, 0.3) is 0 Å². The molecule has 1 saturated heterocycles. The number of rotatable bonds is 8. The van der Waals surface area contributed by atoms with Gasteiger partial charge >= 0.3 is 5.97 Å². The molecule has 0 spiro atoms. The van der Waals surface area contributed by atoms with Gasteiger partial charge in [0.25, 0.3) is 15.2 Å². The Morgan fingerprint density at radius 2 is 1.76 bits per heavy atom. The van der Waals surface area contributed by atoms with Gasteiger partial charge in [-0.1, -0.05) is 80.9 Å². The summed E-state index contributed by atoms with van der Waals surface area (Å²) in [7, 11) is -4.19. The molecule has 4 aliphatic carbocycles. The Morgan fingerprint density at radius 1 is 1.10 bits per heavy atom. The summed E-state index contributed by atoms with van der Waals surface area (Å²) in [5, 5.41) is 21.1. The van der Waals surface area contributed by atoms with E-state index in [0.29, 0.717) is 32.0 Å². The molecule has 1 aromatic heterocycles. The lowest BCUT2D eigenvalue weighted by Gasteiger charge is -2.71. The van der Waals surface area contributed by atoms with Crippen molar-refractivity contribution in [3.8, 4) is 0 Å². The summed E-state index contributed by atoms with van der Waals surface area (Å²) in [5.74, 6) is -0.298. The fourth-order valence-electron chi connectivity index (χ4n) is 12.2. The number of nitrogens with two attached hydrogens (primary N) is 2. The molecule has 5 N–H and O–H groups in total. The molecular weight excluding hydrogens is 667 g/mol. The molecule has 0 radical (unpaired) electrons. The second-order valence-corrected chi connectivity index (χ2v) is 21.5. The van der Waals surface area contributed by atoms with Gasteiger partial charge in [0.15, 0.2) is 0 Å². The Morgan fingerprint density at radius 3 is 2.35 bits per heavy atom. The normalized spacial score (nSPS) is 42.9. The number of sulfonamides is 1. The summed E-state index contributed by atoms with van der Waals surface area (Å²) in [5.41, 5.74) is 5.23. The van der Waals surface area contributed by atoms with Gasteiger partial charge < -0.3 is 20.3 Å². The fourth-order valence-corrected chi connectivity index (χ4v) is 12.9. The first-order valence-electron chi connectivity index (χ1n) is 19.2. The van der Waals surface area contributed by atoms with E-state index in [0.717, 1.165) is 25.7 Å². The van der Waals surface area contributed by atoms with Crippen LogP contribution in [0, 0.1) is 62.1 Å². The van der Waals surface area contributed by atoms with E-state index in [4.69, 9.17) is 20.3 Å². The number of allylic oxidation sites excluding steroid dienone is 1. The zero-order valence-corrected chi connectivity index (χ0v) is 33.8. The smallest absolute Gasteiger partial charge is 0.307 e. The first-order chi connectivity index (χ1) is 23.3. The number of carboxylic acids is 1. The minimum atomic E-state index is -4.19. The Bertz CT molecular complexity index is 1680. The largest absolute Gasteiger partial charge is 0.481 e. The van der Waals surface area contributed by atoms with Crippen molar-refractivity contribution in [3.05, 3.63) is 18.0 Å². The molecule has 0 aromatic carbocycles. The zero-order valence-electron chi connectivity index (χ0n) is 33.0. The van der Waals surface area contributed by atoms with Gasteiger partial charge in [0.2, 0.25) is 0 Å². The van der Waals surface area contributed by atoms with Crippen LogP contribution in [0.1, 0.15) is 121 Å². The lowest BCUT2D eigenvalue weighted by Crippen LogP contribution is -2.70. The van der Waals surface area contributed by atoms with Crippen molar-refractivity contribution in [2.75, 3.05) is 19.8 Å². The molecular formula is C39H65N5O6S. The van der Waals surface area contributed by atoms with Gasteiger partial charge in [0, 0.05) is 11.0 Å². The van der Waals surface area contributed by atoms with Crippen LogP contribution in [0.4, 0.5) is 0 Å². The molecule has 3 saturated carbocycles. The number of nitrogens with zero attached hydrogens (tertiary/aromatic N) is 3. The predicted molar refractivity (Wildman–Crippen MR) is 196 cm³/mol. The van der Waals surface area contributed by atoms with Crippen molar-refractivity contribution in [3.63, 3.8) is 0 Å². The van der Waals surface area contributed by atoms with Gasteiger partial charge in [-0.3, -0.25) is 4.79 Å². The van der Waals surface area contributed by atoms with Crippen LogP contribution in [0.5, 0.6) is 0 Å². The monoisotopic (exact) mass is 731 g/mol. The summed E-state index contributed by atoms with van der Waals surface area (Å²) in [6.45, 7) is 25.3. The lowest BCUT2D eigenvalue weighted by molar-refractivity contribution is -0.256. The van der Waals surface area contributed by atoms with Gasteiger partial charge in [-0.25, -0.2) is 23.2 Å². The Labute approximate surface area is 306 Å². The lowest BCUT2D eigenvalue weighted by atomic mass is 9.34. The van der Waals surface area contributed by atoms with Gasteiger partial charge in [-0.15, -0.1) is 0 Å². The number of fused-ring (bicyclic) bond motifs is 3. The van der Waals surface area contributed by atoms with Gasteiger partial charge in [0.05, 0.1) is 37.9 Å². The highest BCUT2D eigenvalue weighted by Gasteiger charge is 2.73. The topological polar surface area (TPSA) is 173 Å². The van der Waals surface area contributed by atoms with Crippen molar-refractivity contribution < 1.29 is 27.8 Å². The maximum Gasteiger partial charge on any atom is 0.307 e. The first-order valence-corrected chi connectivity index (χ1v) is 20.7. The summed E-state index contributed by atoms with van der Waals surface area (Å²) in [4.78, 5) is 17.7. The second-order valence-electron chi connectivity index (χ2n) is 20.1. The average molecular weight is 732 g/mol. The maximum absolute atomic E-state index is 13.6. The number of carboxylic acid groups (broad SMARTS) is 1. The summed E-state index contributed by atoms with van der Waals surface area (Å²) < 4.78 is 41.2.